The van der Waals surface area contributed by atoms with E-state index in [0.29, 0.717) is 31.8 Å². The fourth-order valence-corrected chi connectivity index (χ4v) is 4.02. The number of likely N-dealkylation sites (tertiary alicyclic amines) is 1. The van der Waals surface area contributed by atoms with Gasteiger partial charge in [0.15, 0.2) is 0 Å². The van der Waals surface area contributed by atoms with E-state index in [2.05, 4.69) is 0 Å². The molecule has 20 heavy (non-hydrogen) atoms. The largest absolute Gasteiger partial charge is 0.396 e. The van der Waals surface area contributed by atoms with Crippen LogP contribution in [0.25, 0.3) is 0 Å². The standard InChI is InChI=1S/C13H24N2O4S/c1-20(18,19)15-7-3-12(4-8-15)13(17)14-6-2-11(10-14)5-9-16/h11-12,16H,2-10H2,1H3. The Morgan fingerprint density at radius 1 is 1.20 bits per heavy atom. The smallest absolute Gasteiger partial charge is 0.225 e. The third-order valence-electron chi connectivity index (χ3n) is 4.41. The van der Waals surface area contributed by atoms with Crippen molar-refractivity contribution in [2.24, 2.45) is 11.8 Å². The number of nitrogens with zero attached hydrogens (tertiary/aromatic N) is 2. The summed E-state index contributed by atoms with van der Waals surface area (Å²) in [7, 11) is -3.13. The zero-order valence-corrected chi connectivity index (χ0v) is 12.8. The summed E-state index contributed by atoms with van der Waals surface area (Å²) in [5.74, 6) is 0.541. The first-order valence-electron chi connectivity index (χ1n) is 7.26. The topological polar surface area (TPSA) is 77.9 Å². The molecule has 2 fully saturated rings. The lowest BCUT2D eigenvalue weighted by Gasteiger charge is -2.31. The Kier molecular flexibility index (Phi) is 5.04. The van der Waals surface area contributed by atoms with E-state index in [1.54, 1.807) is 0 Å². The average Bonchev–Trinajstić information content (AvgIpc) is 2.86. The van der Waals surface area contributed by atoms with Crippen molar-refractivity contribution in [3.8, 4) is 0 Å². The fourth-order valence-electron chi connectivity index (χ4n) is 3.14. The van der Waals surface area contributed by atoms with Gasteiger partial charge in [-0.25, -0.2) is 12.7 Å². The van der Waals surface area contributed by atoms with E-state index in [1.165, 1.54) is 10.6 Å². The molecule has 0 spiro atoms. The molecule has 0 aromatic heterocycles. The van der Waals surface area contributed by atoms with E-state index >= 15 is 0 Å². The van der Waals surface area contributed by atoms with Gasteiger partial charge < -0.3 is 10.0 Å². The predicted molar refractivity (Wildman–Crippen MR) is 75.5 cm³/mol. The summed E-state index contributed by atoms with van der Waals surface area (Å²) in [5, 5.41) is 8.94. The van der Waals surface area contributed by atoms with Crippen LogP contribution in [0.2, 0.25) is 0 Å². The van der Waals surface area contributed by atoms with Gasteiger partial charge in [-0.1, -0.05) is 0 Å². The van der Waals surface area contributed by atoms with E-state index in [4.69, 9.17) is 5.11 Å². The molecule has 2 aliphatic rings. The molecule has 0 saturated carbocycles. The molecular weight excluding hydrogens is 280 g/mol. The zero-order chi connectivity index (χ0) is 14.8. The molecule has 7 heteroatoms. The normalized spacial score (nSPS) is 26.1. The Hall–Kier alpha value is -0.660. The van der Waals surface area contributed by atoms with Crippen LogP contribution in [0.4, 0.5) is 0 Å². The summed E-state index contributed by atoms with van der Waals surface area (Å²) in [6, 6.07) is 0. The Bertz CT molecular complexity index is 443. The van der Waals surface area contributed by atoms with E-state index in [1.807, 2.05) is 4.90 Å². The van der Waals surface area contributed by atoms with E-state index in [-0.39, 0.29) is 18.4 Å². The Balaban J connectivity index is 1.84. The molecule has 1 N–H and O–H groups in total. The summed E-state index contributed by atoms with van der Waals surface area (Å²) >= 11 is 0. The van der Waals surface area contributed by atoms with E-state index in [0.717, 1.165) is 25.9 Å². The molecule has 0 bridgehead atoms. The number of carbonyl (C=O) groups excluding carboxylic acids is 1. The molecule has 0 radical (unpaired) electrons. The van der Waals surface area contributed by atoms with Crippen LogP contribution < -0.4 is 0 Å². The molecule has 0 aromatic rings. The highest BCUT2D eigenvalue weighted by molar-refractivity contribution is 7.88. The number of hydrogen-bond acceptors (Lipinski definition) is 4. The molecule has 116 valence electrons. The van der Waals surface area contributed by atoms with Gasteiger partial charge in [0.2, 0.25) is 15.9 Å². The molecule has 2 rings (SSSR count). The summed E-state index contributed by atoms with van der Waals surface area (Å²) < 4.78 is 24.3. The number of aliphatic hydroxyl groups is 1. The Labute approximate surface area is 120 Å². The van der Waals surface area contributed by atoms with Gasteiger partial charge in [0.05, 0.1) is 6.26 Å². The molecule has 1 unspecified atom stereocenters. The maximum absolute atomic E-state index is 12.4. The van der Waals surface area contributed by atoms with Gasteiger partial charge in [0.1, 0.15) is 0 Å². The highest BCUT2D eigenvalue weighted by atomic mass is 32.2. The summed E-state index contributed by atoms with van der Waals surface area (Å²) in [6.45, 7) is 2.59. The minimum absolute atomic E-state index is 0.0409. The second-order valence-electron chi connectivity index (χ2n) is 5.89. The van der Waals surface area contributed by atoms with Gasteiger partial charge in [-0.2, -0.15) is 0 Å². The van der Waals surface area contributed by atoms with Crippen molar-refractivity contribution >= 4 is 15.9 Å². The summed E-state index contributed by atoms with van der Waals surface area (Å²) in [6.07, 6.45) is 4.18. The monoisotopic (exact) mass is 304 g/mol. The Morgan fingerprint density at radius 3 is 2.40 bits per heavy atom. The third-order valence-corrected chi connectivity index (χ3v) is 5.71. The van der Waals surface area contributed by atoms with Crippen LogP contribution in [-0.4, -0.2) is 67.7 Å². The van der Waals surface area contributed by atoms with Gasteiger partial charge in [-0.05, 0) is 31.6 Å². The molecule has 0 aliphatic carbocycles. The minimum atomic E-state index is -3.13. The van der Waals surface area contributed by atoms with E-state index < -0.39 is 10.0 Å². The summed E-state index contributed by atoms with van der Waals surface area (Å²) in [4.78, 5) is 14.3. The van der Waals surface area contributed by atoms with Crippen molar-refractivity contribution in [3.05, 3.63) is 0 Å². The molecule has 1 amide bonds. The van der Waals surface area contributed by atoms with Crippen LogP contribution in [-0.2, 0) is 14.8 Å². The average molecular weight is 304 g/mol. The number of rotatable bonds is 4. The van der Waals surface area contributed by atoms with Crippen molar-refractivity contribution in [2.75, 3.05) is 39.0 Å². The predicted octanol–water partition coefficient (Wildman–Crippen LogP) is -0.111. The van der Waals surface area contributed by atoms with Crippen LogP contribution in [0.1, 0.15) is 25.7 Å². The first kappa shape index (κ1) is 15.7. The summed E-state index contributed by atoms with van der Waals surface area (Å²) in [5.41, 5.74) is 0. The molecule has 2 heterocycles. The van der Waals surface area contributed by atoms with Crippen molar-refractivity contribution < 1.29 is 18.3 Å². The van der Waals surface area contributed by atoms with Gasteiger partial charge in [0, 0.05) is 38.7 Å². The van der Waals surface area contributed by atoms with Crippen LogP contribution in [0.15, 0.2) is 0 Å². The number of amides is 1. The van der Waals surface area contributed by atoms with Gasteiger partial charge in [-0.15, -0.1) is 0 Å². The number of aliphatic hydroxyl groups excluding tert-OH is 1. The fraction of sp³-hybridized carbons (Fsp3) is 0.923. The van der Waals surface area contributed by atoms with Crippen LogP contribution >= 0.6 is 0 Å². The minimum Gasteiger partial charge on any atom is -0.396 e. The lowest BCUT2D eigenvalue weighted by molar-refractivity contribution is -0.135. The Morgan fingerprint density at radius 2 is 1.85 bits per heavy atom. The highest BCUT2D eigenvalue weighted by Crippen LogP contribution is 2.26. The molecule has 0 aromatic carbocycles. The molecular formula is C13H24N2O4S. The lowest BCUT2D eigenvalue weighted by atomic mass is 9.96. The zero-order valence-electron chi connectivity index (χ0n) is 12.0. The molecule has 2 saturated heterocycles. The van der Waals surface area contributed by atoms with Gasteiger partial charge in [0.25, 0.3) is 0 Å². The molecule has 1 atom stereocenters. The number of piperidine rings is 1. The molecule has 2 aliphatic heterocycles. The first-order chi connectivity index (χ1) is 9.41. The quantitative estimate of drug-likeness (QED) is 0.786. The van der Waals surface area contributed by atoms with Crippen molar-refractivity contribution in [2.45, 2.75) is 25.7 Å². The van der Waals surface area contributed by atoms with Crippen molar-refractivity contribution in [1.29, 1.82) is 0 Å². The van der Waals surface area contributed by atoms with Gasteiger partial charge >= 0.3 is 0 Å². The maximum atomic E-state index is 12.4. The second-order valence-corrected chi connectivity index (χ2v) is 7.87. The van der Waals surface area contributed by atoms with Crippen molar-refractivity contribution in [3.63, 3.8) is 0 Å². The number of hydrogen-bond donors (Lipinski definition) is 1. The third kappa shape index (κ3) is 3.71. The van der Waals surface area contributed by atoms with Crippen LogP contribution in [0.3, 0.4) is 0 Å². The lowest BCUT2D eigenvalue weighted by Crippen LogP contribution is -2.43. The van der Waals surface area contributed by atoms with Crippen LogP contribution in [0.5, 0.6) is 0 Å². The highest BCUT2D eigenvalue weighted by Gasteiger charge is 2.34. The van der Waals surface area contributed by atoms with Gasteiger partial charge in [-0.3, -0.25) is 4.79 Å². The van der Waals surface area contributed by atoms with Crippen molar-refractivity contribution in [1.82, 2.24) is 9.21 Å². The first-order valence-corrected chi connectivity index (χ1v) is 9.11. The van der Waals surface area contributed by atoms with Crippen LogP contribution in [0, 0.1) is 11.8 Å². The van der Waals surface area contributed by atoms with E-state index in [9.17, 15) is 13.2 Å². The number of carbonyl (C=O) groups is 1. The molecule has 6 nitrogen and oxygen atoms in total. The second kappa shape index (κ2) is 6.41. The SMILES string of the molecule is CS(=O)(=O)N1CCC(C(=O)N2CCC(CCO)C2)CC1. The number of sulfonamides is 1. The maximum Gasteiger partial charge on any atom is 0.225 e.